The fourth-order valence-electron chi connectivity index (χ4n) is 1.27. The number of carbonyl (C=O) groups excluding carboxylic acids is 2. The number of fused-ring (bicyclic) bond motifs is 1. The average Bonchev–Trinajstić information content (AvgIpc) is 2.34. The third kappa shape index (κ3) is 4.36. The molecule has 0 spiro atoms. The van der Waals surface area contributed by atoms with Crippen molar-refractivity contribution in [1.29, 1.82) is 0 Å². The van der Waals surface area contributed by atoms with Crippen LogP contribution in [0.15, 0.2) is 34.9 Å². The first-order chi connectivity index (χ1) is 8.85. The Labute approximate surface area is 107 Å². The fraction of sp³-hybridized carbons (Fsp3) is 0. The molecule has 2 rings (SSSR count). The normalized spacial score (nSPS) is 12.9. The molecule has 9 heteroatoms. The van der Waals surface area contributed by atoms with Gasteiger partial charge in [-0.3, -0.25) is 14.1 Å². The Hall–Kier alpha value is -2.48. The minimum atomic E-state index is -4.47. The zero-order valence-electron chi connectivity index (χ0n) is 9.29. The molecule has 1 aromatic rings. The lowest BCUT2D eigenvalue weighted by molar-refractivity contribution is -0.110. The minimum Gasteiger partial charge on any atom is -0.286 e. The van der Waals surface area contributed by atoms with Crippen molar-refractivity contribution in [3.8, 4) is 0 Å². The summed E-state index contributed by atoms with van der Waals surface area (Å²) in [6.07, 6.45) is 2.98. The number of hydrogen-bond donors (Lipinski definition) is 1. The Bertz CT molecular complexity index is 702. The van der Waals surface area contributed by atoms with Gasteiger partial charge in [-0.25, -0.2) is 0 Å². The topological polar surface area (TPSA) is 137 Å². The Balaban J connectivity index is 0.000000224. The van der Waals surface area contributed by atoms with Crippen LogP contribution in [0.3, 0.4) is 0 Å². The van der Waals surface area contributed by atoms with E-state index in [9.17, 15) is 18.0 Å². The van der Waals surface area contributed by atoms with E-state index in [2.05, 4.69) is 0 Å². The smallest absolute Gasteiger partial charge is 0.286 e. The number of rotatable bonds is 1. The molecule has 0 radical (unpaired) electrons. The first-order valence-electron chi connectivity index (χ1n) is 4.74. The highest BCUT2D eigenvalue weighted by molar-refractivity contribution is 7.84. The molecule has 1 aromatic carbocycles. The molecule has 1 aliphatic carbocycles. The SMILES string of the molecule is O=C1C=Cc2ccccc2C1=O.[N-]=[N+]=NS(=O)(=O)O. The lowest BCUT2D eigenvalue weighted by Gasteiger charge is -2.06. The first-order valence-corrected chi connectivity index (χ1v) is 6.14. The number of azide groups is 1. The standard InChI is InChI=1S/C10H6O2.HN3O3S/c11-9-6-5-7-3-1-2-4-8(7)10(9)12;1-2-3-7(4,5)6/h1-6H;(H,4,5,6). The van der Waals surface area contributed by atoms with Gasteiger partial charge in [0.25, 0.3) is 0 Å². The second-order valence-electron chi connectivity index (χ2n) is 3.23. The number of allylic oxidation sites excluding steroid dienone is 1. The van der Waals surface area contributed by atoms with E-state index in [4.69, 9.17) is 10.1 Å². The molecule has 0 saturated carbocycles. The van der Waals surface area contributed by atoms with Crippen molar-refractivity contribution >= 4 is 27.9 Å². The monoisotopic (exact) mass is 281 g/mol. The lowest BCUT2D eigenvalue weighted by atomic mass is 9.96. The molecule has 0 atom stereocenters. The molecule has 1 aliphatic rings. The zero-order valence-corrected chi connectivity index (χ0v) is 10.1. The summed E-state index contributed by atoms with van der Waals surface area (Å²) in [7, 11) is -4.47. The van der Waals surface area contributed by atoms with Crippen LogP contribution in [0.2, 0.25) is 0 Å². The van der Waals surface area contributed by atoms with Gasteiger partial charge in [0.05, 0.1) is 4.52 Å². The van der Waals surface area contributed by atoms with E-state index < -0.39 is 21.9 Å². The molecule has 0 fully saturated rings. The Morgan fingerprint density at radius 3 is 2.32 bits per heavy atom. The molecule has 8 nitrogen and oxygen atoms in total. The van der Waals surface area contributed by atoms with Gasteiger partial charge in [0.2, 0.25) is 11.6 Å². The third-order valence-corrected chi connectivity index (χ3v) is 2.26. The second kappa shape index (κ2) is 5.91. The summed E-state index contributed by atoms with van der Waals surface area (Å²) >= 11 is 0. The molecule has 0 saturated heterocycles. The van der Waals surface area contributed by atoms with Gasteiger partial charge < -0.3 is 0 Å². The van der Waals surface area contributed by atoms with E-state index in [1.807, 2.05) is 16.7 Å². The molecular weight excluding hydrogens is 274 g/mol. The summed E-state index contributed by atoms with van der Waals surface area (Å²) < 4.78 is 28.3. The lowest BCUT2D eigenvalue weighted by Crippen LogP contribution is -2.15. The maximum Gasteiger partial charge on any atom is 0.356 e. The van der Waals surface area contributed by atoms with Crippen LogP contribution in [0.4, 0.5) is 0 Å². The Morgan fingerprint density at radius 1 is 1.16 bits per heavy atom. The van der Waals surface area contributed by atoms with Crippen molar-refractivity contribution in [1.82, 2.24) is 0 Å². The highest BCUT2D eigenvalue weighted by atomic mass is 32.2. The van der Waals surface area contributed by atoms with Crippen molar-refractivity contribution in [3.05, 3.63) is 51.9 Å². The number of ketones is 2. The summed E-state index contributed by atoms with van der Waals surface area (Å²) in [6.45, 7) is 0. The van der Waals surface area contributed by atoms with Crippen LogP contribution in [0.25, 0.3) is 16.5 Å². The van der Waals surface area contributed by atoms with E-state index in [0.717, 1.165) is 5.56 Å². The maximum atomic E-state index is 11.2. The third-order valence-electron chi connectivity index (χ3n) is 1.98. The highest BCUT2D eigenvalue weighted by Gasteiger charge is 2.19. The van der Waals surface area contributed by atoms with Gasteiger partial charge in [-0.1, -0.05) is 30.3 Å². The number of nitrogens with zero attached hydrogens (tertiary/aromatic N) is 3. The summed E-state index contributed by atoms with van der Waals surface area (Å²) in [5.41, 5.74) is 8.65. The number of Topliss-reactive ketones (excluding diaryl/α,β-unsaturated/α-hetero) is 1. The molecule has 0 aromatic heterocycles. The molecule has 0 unspecified atom stereocenters. The van der Waals surface area contributed by atoms with Gasteiger partial charge in [0, 0.05) is 10.5 Å². The Kier molecular flexibility index (Phi) is 4.54. The number of benzene rings is 1. The molecule has 0 aliphatic heterocycles. The zero-order chi connectivity index (χ0) is 14.5. The van der Waals surface area contributed by atoms with E-state index in [1.165, 1.54) is 6.08 Å². The summed E-state index contributed by atoms with van der Waals surface area (Å²) in [4.78, 5) is 23.9. The largest absolute Gasteiger partial charge is 0.356 e. The molecule has 0 heterocycles. The predicted molar refractivity (Wildman–Crippen MR) is 65.5 cm³/mol. The summed E-state index contributed by atoms with van der Waals surface area (Å²) in [6, 6.07) is 7.07. The van der Waals surface area contributed by atoms with Crippen LogP contribution in [0.5, 0.6) is 0 Å². The van der Waals surface area contributed by atoms with Crippen molar-refractivity contribution < 1.29 is 22.6 Å². The quantitative estimate of drug-likeness (QED) is 0.274. The first kappa shape index (κ1) is 14.6. The Morgan fingerprint density at radius 2 is 1.79 bits per heavy atom. The van der Waals surface area contributed by atoms with Crippen molar-refractivity contribution in [2.24, 2.45) is 4.52 Å². The van der Waals surface area contributed by atoms with Gasteiger partial charge in [0.1, 0.15) is 0 Å². The van der Waals surface area contributed by atoms with E-state index in [1.54, 1.807) is 23.1 Å². The van der Waals surface area contributed by atoms with Gasteiger partial charge in [-0.2, -0.15) is 8.42 Å². The van der Waals surface area contributed by atoms with E-state index in [-0.39, 0.29) is 0 Å². The van der Waals surface area contributed by atoms with Gasteiger partial charge >= 0.3 is 10.3 Å². The van der Waals surface area contributed by atoms with Crippen molar-refractivity contribution in [2.45, 2.75) is 0 Å². The molecule has 0 amide bonds. The molecular formula is C10H7N3O5S. The number of hydrogen-bond acceptors (Lipinski definition) is 4. The van der Waals surface area contributed by atoms with Crippen LogP contribution < -0.4 is 0 Å². The predicted octanol–water partition coefficient (Wildman–Crippen LogP) is 1.56. The van der Waals surface area contributed by atoms with Gasteiger partial charge in [-0.15, -0.1) is 0 Å². The maximum absolute atomic E-state index is 11.2. The highest BCUT2D eigenvalue weighted by Crippen LogP contribution is 2.16. The molecule has 19 heavy (non-hydrogen) atoms. The minimum absolute atomic E-state index is 0.409. The van der Waals surface area contributed by atoms with Gasteiger partial charge in [-0.05, 0) is 17.2 Å². The van der Waals surface area contributed by atoms with Crippen molar-refractivity contribution in [2.75, 3.05) is 0 Å². The van der Waals surface area contributed by atoms with Crippen LogP contribution in [0.1, 0.15) is 15.9 Å². The van der Waals surface area contributed by atoms with Gasteiger partial charge in [0.15, 0.2) is 0 Å². The fourth-order valence-corrected chi connectivity index (χ4v) is 1.36. The summed E-state index contributed by atoms with van der Waals surface area (Å²) in [5.74, 6) is -0.846. The van der Waals surface area contributed by atoms with Crippen molar-refractivity contribution in [3.63, 3.8) is 0 Å². The van der Waals surface area contributed by atoms with E-state index >= 15 is 0 Å². The second-order valence-corrected chi connectivity index (χ2v) is 4.29. The van der Waals surface area contributed by atoms with Crippen LogP contribution in [0, 0.1) is 0 Å². The van der Waals surface area contributed by atoms with E-state index in [0.29, 0.717) is 5.56 Å². The molecule has 1 N–H and O–H groups in total. The van der Waals surface area contributed by atoms with Crippen LogP contribution in [-0.2, 0) is 15.1 Å². The molecule has 98 valence electrons. The number of carbonyl (C=O) groups is 2. The van der Waals surface area contributed by atoms with Crippen LogP contribution >= 0.6 is 0 Å². The summed E-state index contributed by atoms with van der Waals surface area (Å²) in [5, 5.41) is 0. The molecule has 0 bridgehead atoms. The average molecular weight is 281 g/mol. The van der Waals surface area contributed by atoms with Crippen LogP contribution in [-0.4, -0.2) is 24.5 Å².